The Morgan fingerprint density at radius 1 is 1.60 bits per heavy atom. The highest BCUT2D eigenvalue weighted by Crippen LogP contribution is 2.39. The van der Waals surface area contributed by atoms with Gasteiger partial charge in [-0.15, -0.1) is 0 Å². The monoisotopic (exact) mass is 216 g/mol. The first-order chi connectivity index (χ1) is 7.13. The van der Waals surface area contributed by atoms with Gasteiger partial charge in [0.05, 0.1) is 19.1 Å². The molecule has 0 saturated carbocycles. The molecule has 0 aliphatic carbocycles. The fourth-order valence-corrected chi connectivity index (χ4v) is 1.94. The van der Waals surface area contributed by atoms with Gasteiger partial charge < -0.3 is 9.47 Å². The number of carbonyl (C=O) groups is 1. The number of hydrogen-bond donors (Lipinski definition) is 0. The van der Waals surface area contributed by atoms with Crippen molar-refractivity contribution in [1.29, 1.82) is 0 Å². The Labute approximate surface area is 88.6 Å². The molecule has 2 heterocycles. The number of carbonyl (C=O) groups excluding carboxylic acids is 1. The second kappa shape index (κ2) is 4.08. The molecule has 5 heteroatoms. The molecule has 5 nitrogen and oxygen atoms in total. The Hall–Kier alpha value is -0.650. The standard InChI is InChI=1S/C10H16O5/c1-3-12-9(11)6-8-7-4-5-10(2,13-7)15-14-8/h7-8H,3-6H2,1-2H3/t7-,8-,10-/m1/s1. The predicted octanol–water partition coefficient (Wildman–Crippen LogP) is 1.17. The van der Waals surface area contributed by atoms with Crippen molar-refractivity contribution in [1.82, 2.24) is 0 Å². The number of rotatable bonds is 3. The molecule has 0 spiro atoms. The van der Waals surface area contributed by atoms with E-state index < -0.39 is 5.79 Å². The van der Waals surface area contributed by atoms with E-state index in [0.29, 0.717) is 6.61 Å². The number of hydrogen-bond acceptors (Lipinski definition) is 5. The summed E-state index contributed by atoms with van der Waals surface area (Å²) in [4.78, 5) is 21.5. The molecule has 3 atom stereocenters. The number of esters is 1. The molecule has 0 unspecified atom stereocenters. The summed E-state index contributed by atoms with van der Waals surface area (Å²) in [6.45, 7) is 4.00. The van der Waals surface area contributed by atoms with Crippen LogP contribution in [0, 0.1) is 0 Å². The summed E-state index contributed by atoms with van der Waals surface area (Å²) in [7, 11) is 0. The van der Waals surface area contributed by atoms with Gasteiger partial charge in [-0.25, -0.2) is 9.78 Å². The molecular weight excluding hydrogens is 200 g/mol. The van der Waals surface area contributed by atoms with Crippen molar-refractivity contribution in [3.8, 4) is 0 Å². The maximum absolute atomic E-state index is 11.3. The third-order valence-corrected chi connectivity index (χ3v) is 2.72. The summed E-state index contributed by atoms with van der Waals surface area (Å²) in [6, 6.07) is 0. The average Bonchev–Trinajstić information content (AvgIpc) is 2.50. The van der Waals surface area contributed by atoms with Gasteiger partial charge in [0.15, 0.2) is 5.79 Å². The Morgan fingerprint density at radius 2 is 2.40 bits per heavy atom. The van der Waals surface area contributed by atoms with Gasteiger partial charge in [-0.3, -0.25) is 4.79 Å². The van der Waals surface area contributed by atoms with Crippen LogP contribution < -0.4 is 0 Å². The summed E-state index contributed by atoms with van der Waals surface area (Å²) < 4.78 is 10.5. The fraction of sp³-hybridized carbons (Fsp3) is 0.900. The zero-order valence-corrected chi connectivity index (χ0v) is 9.02. The molecule has 0 amide bonds. The van der Waals surface area contributed by atoms with E-state index in [0.717, 1.165) is 12.8 Å². The first-order valence-corrected chi connectivity index (χ1v) is 5.31. The van der Waals surface area contributed by atoms with Crippen molar-refractivity contribution in [3.63, 3.8) is 0 Å². The molecule has 0 aromatic heterocycles. The molecule has 0 N–H and O–H groups in total. The van der Waals surface area contributed by atoms with Crippen LogP contribution in [0.25, 0.3) is 0 Å². The van der Waals surface area contributed by atoms with Gasteiger partial charge in [0.25, 0.3) is 0 Å². The highest BCUT2D eigenvalue weighted by Gasteiger charge is 2.48. The fourth-order valence-electron chi connectivity index (χ4n) is 1.94. The molecular formula is C10H16O5. The van der Waals surface area contributed by atoms with Gasteiger partial charge in [0.2, 0.25) is 0 Å². The molecule has 2 aliphatic heterocycles. The van der Waals surface area contributed by atoms with E-state index in [9.17, 15) is 4.79 Å². The van der Waals surface area contributed by atoms with Crippen LogP contribution in [0.2, 0.25) is 0 Å². The molecule has 0 aromatic rings. The summed E-state index contributed by atoms with van der Waals surface area (Å²) >= 11 is 0. The average molecular weight is 216 g/mol. The quantitative estimate of drug-likeness (QED) is 0.523. The lowest BCUT2D eigenvalue weighted by molar-refractivity contribution is -0.478. The molecule has 2 bridgehead atoms. The minimum atomic E-state index is -0.615. The zero-order valence-electron chi connectivity index (χ0n) is 9.02. The second-order valence-corrected chi connectivity index (χ2v) is 4.06. The summed E-state index contributed by atoms with van der Waals surface area (Å²) in [5.41, 5.74) is 0. The van der Waals surface area contributed by atoms with Crippen LogP contribution in [0.15, 0.2) is 0 Å². The van der Waals surface area contributed by atoms with Crippen LogP contribution in [0.5, 0.6) is 0 Å². The first kappa shape index (κ1) is 10.9. The molecule has 2 saturated heterocycles. The molecule has 86 valence electrons. The normalized spacial score (nSPS) is 39.1. The summed E-state index contributed by atoms with van der Waals surface area (Å²) in [5.74, 6) is -0.888. The van der Waals surface area contributed by atoms with Crippen LogP contribution in [0.4, 0.5) is 0 Å². The van der Waals surface area contributed by atoms with Gasteiger partial charge in [0, 0.05) is 6.42 Å². The van der Waals surface area contributed by atoms with E-state index in [1.54, 1.807) is 6.92 Å². The van der Waals surface area contributed by atoms with Gasteiger partial charge in [-0.1, -0.05) is 0 Å². The third kappa shape index (κ3) is 2.30. The maximum Gasteiger partial charge on any atom is 0.308 e. The summed E-state index contributed by atoms with van der Waals surface area (Å²) in [6.07, 6.45) is 1.47. The Morgan fingerprint density at radius 3 is 3.13 bits per heavy atom. The first-order valence-electron chi connectivity index (χ1n) is 5.31. The van der Waals surface area contributed by atoms with E-state index in [4.69, 9.17) is 19.2 Å². The van der Waals surface area contributed by atoms with E-state index in [-0.39, 0.29) is 24.6 Å². The van der Waals surface area contributed by atoms with Crippen LogP contribution in [0.3, 0.4) is 0 Å². The highest BCUT2D eigenvalue weighted by molar-refractivity contribution is 5.70. The van der Waals surface area contributed by atoms with Gasteiger partial charge in [-0.2, -0.15) is 0 Å². The maximum atomic E-state index is 11.3. The van der Waals surface area contributed by atoms with Crippen molar-refractivity contribution in [2.24, 2.45) is 0 Å². The van der Waals surface area contributed by atoms with Crippen LogP contribution in [-0.2, 0) is 24.0 Å². The Bertz CT molecular complexity index is 254. The zero-order chi connectivity index (χ0) is 10.9. The minimum absolute atomic E-state index is 0.0480. The number of fused-ring (bicyclic) bond motifs is 2. The molecule has 0 radical (unpaired) electrons. The third-order valence-electron chi connectivity index (χ3n) is 2.72. The second-order valence-electron chi connectivity index (χ2n) is 4.06. The Kier molecular flexibility index (Phi) is 2.95. The molecule has 2 rings (SSSR count). The molecule has 2 fully saturated rings. The van der Waals surface area contributed by atoms with Gasteiger partial charge >= 0.3 is 5.97 Å². The number of ether oxygens (including phenoxy) is 2. The van der Waals surface area contributed by atoms with Crippen molar-refractivity contribution < 1.29 is 24.0 Å². The van der Waals surface area contributed by atoms with Crippen molar-refractivity contribution in [2.45, 2.75) is 51.1 Å². The van der Waals surface area contributed by atoms with Gasteiger partial charge in [-0.05, 0) is 20.3 Å². The molecule has 0 aromatic carbocycles. The highest BCUT2D eigenvalue weighted by atomic mass is 17.2. The van der Waals surface area contributed by atoms with Crippen LogP contribution >= 0.6 is 0 Å². The van der Waals surface area contributed by atoms with Crippen LogP contribution in [0.1, 0.15) is 33.1 Å². The van der Waals surface area contributed by atoms with E-state index in [1.807, 2.05) is 6.92 Å². The van der Waals surface area contributed by atoms with Crippen molar-refractivity contribution in [3.05, 3.63) is 0 Å². The van der Waals surface area contributed by atoms with Crippen molar-refractivity contribution in [2.75, 3.05) is 6.61 Å². The Balaban J connectivity index is 1.87. The lowest BCUT2D eigenvalue weighted by atomic mass is 10.1. The van der Waals surface area contributed by atoms with E-state index in [1.165, 1.54) is 0 Å². The largest absolute Gasteiger partial charge is 0.466 e. The topological polar surface area (TPSA) is 54.0 Å². The van der Waals surface area contributed by atoms with Gasteiger partial charge in [0.1, 0.15) is 6.10 Å². The smallest absolute Gasteiger partial charge is 0.308 e. The molecule has 15 heavy (non-hydrogen) atoms. The lowest BCUT2D eigenvalue weighted by Crippen LogP contribution is -2.43. The van der Waals surface area contributed by atoms with E-state index >= 15 is 0 Å². The molecule has 2 aliphatic rings. The van der Waals surface area contributed by atoms with Crippen LogP contribution in [-0.4, -0.2) is 30.6 Å². The minimum Gasteiger partial charge on any atom is -0.466 e. The summed E-state index contributed by atoms with van der Waals surface area (Å²) in [5, 5.41) is 0. The van der Waals surface area contributed by atoms with E-state index in [2.05, 4.69) is 0 Å². The van der Waals surface area contributed by atoms with Crippen molar-refractivity contribution >= 4 is 5.97 Å². The lowest BCUT2D eigenvalue weighted by Gasteiger charge is -2.33. The predicted molar refractivity (Wildman–Crippen MR) is 49.7 cm³/mol. The SMILES string of the molecule is CCOC(=O)C[C@H]1OO[C@]2(C)CC[C@H]1O2.